The van der Waals surface area contributed by atoms with E-state index in [0.717, 1.165) is 0 Å². The summed E-state index contributed by atoms with van der Waals surface area (Å²) in [5.74, 6) is -1.93. The molecule has 6 heteroatoms. The molecule has 0 bridgehead atoms. The third kappa shape index (κ3) is 3.51. The number of hydrogen-bond acceptors (Lipinski definition) is 3. The Kier molecular flexibility index (Phi) is 4.76. The summed E-state index contributed by atoms with van der Waals surface area (Å²) in [6.07, 6.45) is 3.05. The molecule has 0 aliphatic heterocycles. The average molecular weight is 256 g/mol. The fourth-order valence-electron chi connectivity index (χ4n) is 1.53. The summed E-state index contributed by atoms with van der Waals surface area (Å²) < 4.78 is 26.4. The second-order valence-electron chi connectivity index (χ2n) is 3.95. The van der Waals surface area contributed by atoms with Crippen LogP contribution in [-0.4, -0.2) is 11.0 Å². The van der Waals surface area contributed by atoms with Gasteiger partial charge in [0, 0.05) is 12.1 Å². The molecule has 0 aliphatic rings. The van der Waals surface area contributed by atoms with Gasteiger partial charge in [0.15, 0.2) is 5.82 Å². The summed E-state index contributed by atoms with van der Waals surface area (Å²) in [5.41, 5.74) is -0.879. The zero-order valence-electron chi connectivity index (χ0n) is 9.95. The number of halogens is 2. The molecule has 1 atom stereocenters. The van der Waals surface area contributed by atoms with Gasteiger partial charge in [0.05, 0.1) is 11.0 Å². The van der Waals surface area contributed by atoms with Crippen molar-refractivity contribution >= 4 is 11.4 Å². The fraction of sp³-hybridized carbons (Fsp3) is 0.333. The first-order chi connectivity index (χ1) is 8.45. The third-order valence-electron chi connectivity index (χ3n) is 2.43. The monoisotopic (exact) mass is 256 g/mol. The van der Waals surface area contributed by atoms with Gasteiger partial charge in [-0.25, -0.2) is 8.78 Å². The highest BCUT2D eigenvalue weighted by atomic mass is 19.1. The lowest BCUT2D eigenvalue weighted by molar-refractivity contribution is -0.384. The Balaban J connectivity index is 2.99. The third-order valence-corrected chi connectivity index (χ3v) is 2.43. The summed E-state index contributed by atoms with van der Waals surface area (Å²) in [6.45, 7) is 5.31. The van der Waals surface area contributed by atoms with Gasteiger partial charge >= 0.3 is 0 Å². The molecule has 98 valence electrons. The molecule has 1 aromatic rings. The standard InChI is InChI=1S/C12H14F2N2O2/c1-3-4-5-8(2)15-12-10(14)6-9(13)7-11(12)16(17)18/h3,6-8,15H,1,4-5H2,2H3. The van der Waals surface area contributed by atoms with Crippen molar-refractivity contribution in [2.24, 2.45) is 0 Å². The number of benzene rings is 1. The number of nitrogens with one attached hydrogen (secondary N) is 1. The molecule has 0 aliphatic carbocycles. The average Bonchev–Trinajstić information content (AvgIpc) is 2.29. The Hall–Kier alpha value is -1.98. The van der Waals surface area contributed by atoms with Gasteiger partial charge in [-0.2, -0.15) is 0 Å². The predicted octanol–water partition coefficient (Wildman–Crippen LogP) is 3.64. The lowest BCUT2D eigenvalue weighted by Gasteiger charge is -2.15. The molecule has 1 N–H and O–H groups in total. The highest BCUT2D eigenvalue weighted by Gasteiger charge is 2.21. The van der Waals surface area contributed by atoms with Crippen molar-refractivity contribution in [3.8, 4) is 0 Å². The van der Waals surface area contributed by atoms with Crippen LogP contribution >= 0.6 is 0 Å². The van der Waals surface area contributed by atoms with E-state index in [1.807, 2.05) is 0 Å². The summed E-state index contributed by atoms with van der Waals surface area (Å²) in [6, 6.07) is 1.14. The molecule has 1 aromatic carbocycles. The van der Waals surface area contributed by atoms with Crippen LogP contribution in [0.4, 0.5) is 20.2 Å². The van der Waals surface area contributed by atoms with Gasteiger partial charge < -0.3 is 5.32 Å². The highest BCUT2D eigenvalue weighted by molar-refractivity contribution is 5.62. The maximum atomic E-state index is 13.5. The number of nitrogens with zero attached hydrogens (tertiary/aromatic N) is 1. The highest BCUT2D eigenvalue weighted by Crippen LogP contribution is 2.29. The Morgan fingerprint density at radius 3 is 2.78 bits per heavy atom. The fourth-order valence-corrected chi connectivity index (χ4v) is 1.53. The van der Waals surface area contributed by atoms with Crippen LogP contribution in [0.5, 0.6) is 0 Å². The quantitative estimate of drug-likeness (QED) is 0.480. The van der Waals surface area contributed by atoms with Gasteiger partial charge in [0.1, 0.15) is 11.5 Å². The molecule has 0 radical (unpaired) electrons. The first-order valence-corrected chi connectivity index (χ1v) is 5.46. The summed E-state index contributed by atoms with van der Waals surface area (Å²) in [7, 11) is 0. The van der Waals surface area contributed by atoms with Gasteiger partial charge in [-0.1, -0.05) is 6.08 Å². The molecule has 1 rings (SSSR count). The lowest BCUT2D eigenvalue weighted by Crippen LogP contribution is -2.17. The molecule has 18 heavy (non-hydrogen) atoms. The molecule has 0 amide bonds. The number of nitro groups is 1. The van der Waals surface area contributed by atoms with Crippen LogP contribution in [0.2, 0.25) is 0 Å². The predicted molar refractivity (Wildman–Crippen MR) is 65.5 cm³/mol. The number of rotatable bonds is 6. The molecule has 0 saturated heterocycles. The smallest absolute Gasteiger partial charge is 0.298 e. The summed E-state index contributed by atoms with van der Waals surface area (Å²) in [5, 5.41) is 13.4. The van der Waals surface area contributed by atoms with Crippen molar-refractivity contribution in [3.05, 3.63) is 46.5 Å². The van der Waals surface area contributed by atoms with Crippen molar-refractivity contribution in [2.45, 2.75) is 25.8 Å². The molecular weight excluding hydrogens is 242 g/mol. The van der Waals surface area contributed by atoms with E-state index < -0.39 is 22.2 Å². The molecule has 0 heterocycles. The first-order valence-electron chi connectivity index (χ1n) is 5.46. The van der Waals surface area contributed by atoms with Crippen molar-refractivity contribution in [2.75, 3.05) is 5.32 Å². The number of hydrogen-bond donors (Lipinski definition) is 1. The van der Waals surface area contributed by atoms with E-state index in [2.05, 4.69) is 11.9 Å². The first kappa shape index (κ1) is 14.1. The number of anilines is 1. The Morgan fingerprint density at radius 2 is 2.22 bits per heavy atom. The van der Waals surface area contributed by atoms with E-state index in [0.29, 0.717) is 25.0 Å². The van der Waals surface area contributed by atoms with E-state index in [1.54, 1.807) is 13.0 Å². The minimum absolute atomic E-state index is 0.179. The lowest BCUT2D eigenvalue weighted by atomic mass is 10.1. The molecule has 4 nitrogen and oxygen atoms in total. The number of nitro benzene ring substituents is 1. The van der Waals surface area contributed by atoms with E-state index in [-0.39, 0.29) is 11.7 Å². The Morgan fingerprint density at radius 1 is 1.56 bits per heavy atom. The Bertz CT molecular complexity index is 464. The van der Waals surface area contributed by atoms with Gasteiger partial charge in [-0.15, -0.1) is 6.58 Å². The van der Waals surface area contributed by atoms with Crippen LogP contribution in [0.15, 0.2) is 24.8 Å². The van der Waals surface area contributed by atoms with Gasteiger partial charge in [-0.05, 0) is 19.8 Å². The van der Waals surface area contributed by atoms with E-state index in [9.17, 15) is 18.9 Å². The van der Waals surface area contributed by atoms with Crippen molar-refractivity contribution in [1.29, 1.82) is 0 Å². The minimum Gasteiger partial charge on any atom is -0.375 e. The topological polar surface area (TPSA) is 55.2 Å². The van der Waals surface area contributed by atoms with Crippen LogP contribution in [-0.2, 0) is 0 Å². The molecule has 0 fully saturated rings. The van der Waals surface area contributed by atoms with E-state index >= 15 is 0 Å². The summed E-state index contributed by atoms with van der Waals surface area (Å²) >= 11 is 0. The van der Waals surface area contributed by atoms with Gasteiger partial charge in [-0.3, -0.25) is 10.1 Å². The molecule has 1 unspecified atom stereocenters. The Labute approximate surface area is 103 Å². The zero-order chi connectivity index (χ0) is 13.7. The van der Waals surface area contributed by atoms with Crippen LogP contribution in [0.1, 0.15) is 19.8 Å². The summed E-state index contributed by atoms with van der Waals surface area (Å²) in [4.78, 5) is 9.93. The second kappa shape index (κ2) is 6.09. The van der Waals surface area contributed by atoms with Crippen molar-refractivity contribution in [1.82, 2.24) is 0 Å². The van der Waals surface area contributed by atoms with Crippen molar-refractivity contribution < 1.29 is 13.7 Å². The SMILES string of the molecule is C=CCCC(C)Nc1c(F)cc(F)cc1[N+](=O)[O-]. The van der Waals surface area contributed by atoms with Crippen LogP contribution < -0.4 is 5.32 Å². The van der Waals surface area contributed by atoms with Crippen LogP contribution in [0.3, 0.4) is 0 Å². The molecular formula is C12H14F2N2O2. The molecule has 0 spiro atoms. The normalized spacial score (nSPS) is 11.9. The number of allylic oxidation sites excluding steroid dienone is 1. The maximum absolute atomic E-state index is 13.5. The maximum Gasteiger partial charge on any atom is 0.298 e. The van der Waals surface area contributed by atoms with Crippen molar-refractivity contribution in [3.63, 3.8) is 0 Å². The second-order valence-corrected chi connectivity index (χ2v) is 3.95. The zero-order valence-corrected chi connectivity index (χ0v) is 9.95. The molecule has 0 aromatic heterocycles. The van der Waals surface area contributed by atoms with Crippen LogP contribution in [0.25, 0.3) is 0 Å². The van der Waals surface area contributed by atoms with Crippen LogP contribution in [0, 0.1) is 21.7 Å². The van der Waals surface area contributed by atoms with Gasteiger partial charge in [0.25, 0.3) is 5.69 Å². The van der Waals surface area contributed by atoms with E-state index in [1.165, 1.54) is 0 Å². The molecule has 0 saturated carbocycles. The van der Waals surface area contributed by atoms with Gasteiger partial charge in [0.2, 0.25) is 0 Å². The van der Waals surface area contributed by atoms with E-state index in [4.69, 9.17) is 0 Å². The minimum atomic E-state index is -0.969. The largest absolute Gasteiger partial charge is 0.375 e.